The van der Waals surface area contributed by atoms with Crippen molar-refractivity contribution in [3.8, 4) is 0 Å². The van der Waals surface area contributed by atoms with Crippen LogP contribution in [-0.2, 0) is 11.3 Å². The highest BCUT2D eigenvalue weighted by Gasteiger charge is 2.17. The van der Waals surface area contributed by atoms with Crippen LogP contribution in [0.25, 0.3) is 0 Å². The van der Waals surface area contributed by atoms with Crippen molar-refractivity contribution >= 4 is 21.8 Å². The Labute approximate surface area is 111 Å². The lowest BCUT2D eigenvalue weighted by atomic mass is 10.0. The van der Waals surface area contributed by atoms with Gasteiger partial charge in [-0.25, -0.2) is 0 Å². The topological polar surface area (TPSA) is 29.1 Å². The van der Waals surface area contributed by atoms with Gasteiger partial charge in [0.15, 0.2) is 0 Å². The highest BCUT2D eigenvalue weighted by atomic mass is 79.9. The Morgan fingerprint density at radius 2 is 2.12 bits per heavy atom. The van der Waals surface area contributed by atoms with E-state index in [2.05, 4.69) is 21.2 Å². The molecule has 1 amide bonds. The van der Waals surface area contributed by atoms with Crippen LogP contribution in [0.3, 0.4) is 0 Å². The maximum atomic E-state index is 11.7. The SMILES string of the molecule is O=C(CC1CCCC1)NCc1cccc(Br)c1. The van der Waals surface area contributed by atoms with E-state index in [9.17, 15) is 4.79 Å². The van der Waals surface area contributed by atoms with Gasteiger partial charge >= 0.3 is 0 Å². The van der Waals surface area contributed by atoms with Gasteiger partial charge in [-0.3, -0.25) is 4.79 Å². The van der Waals surface area contributed by atoms with Crippen molar-refractivity contribution in [2.45, 2.75) is 38.6 Å². The molecule has 0 spiro atoms. The van der Waals surface area contributed by atoms with E-state index >= 15 is 0 Å². The molecule has 1 aliphatic carbocycles. The van der Waals surface area contributed by atoms with Gasteiger partial charge in [0.05, 0.1) is 0 Å². The monoisotopic (exact) mass is 295 g/mol. The number of hydrogen-bond acceptors (Lipinski definition) is 1. The summed E-state index contributed by atoms with van der Waals surface area (Å²) in [6, 6.07) is 8.04. The first-order chi connectivity index (χ1) is 8.24. The Morgan fingerprint density at radius 1 is 1.35 bits per heavy atom. The molecule has 1 fully saturated rings. The number of hydrogen-bond donors (Lipinski definition) is 1. The van der Waals surface area contributed by atoms with Gasteiger partial charge in [0, 0.05) is 17.4 Å². The quantitative estimate of drug-likeness (QED) is 0.903. The molecule has 2 nitrogen and oxygen atoms in total. The van der Waals surface area contributed by atoms with Crippen LogP contribution in [0.4, 0.5) is 0 Å². The van der Waals surface area contributed by atoms with Crippen LogP contribution >= 0.6 is 15.9 Å². The molecule has 0 heterocycles. The fourth-order valence-electron chi connectivity index (χ4n) is 2.40. The molecule has 1 saturated carbocycles. The van der Waals surface area contributed by atoms with Crippen molar-refractivity contribution in [2.75, 3.05) is 0 Å². The molecule has 0 aromatic heterocycles. The molecule has 3 heteroatoms. The third-order valence-electron chi connectivity index (χ3n) is 3.33. The van der Waals surface area contributed by atoms with Crippen LogP contribution in [0.1, 0.15) is 37.7 Å². The Bertz CT molecular complexity index is 386. The molecule has 0 aliphatic heterocycles. The Balaban J connectivity index is 1.75. The van der Waals surface area contributed by atoms with Crippen molar-refractivity contribution in [3.05, 3.63) is 34.3 Å². The third-order valence-corrected chi connectivity index (χ3v) is 3.82. The minimum atomic E-state index is 0.192. The third kappa shape index (κ3) is 4.15. The average Bonchev–Trinajstić information content (AvgIpc) is 2.79. The highest BCUT2D eigenvalue weighted by molar-refractivity contribution is 9.10. The van der Waals surface area contributed by atoms with E-state index in [1.807, 2.05) is 24.3 Å². The number of amides is 1. The van der Waals surface area contributed by atoms with E-state index in [4.69, 9.17) is 0 Å². The molecular weight excluding hydrogens is 278 g/mol. The van der Waals surface area contributed by atoms with Crippen molar-refractivity contribution in [1.29, 1.82) is 0 Å². The molecule has 92 valence electrons. The van der Waals surface area contributed by atoms with E-state index in [1.54, 1.807) is 0 Å². The van der Waals surface area contributed by atoms with Crippen LogP contribution < -0.4 is 5.32 Å². The molecule has 1 aliphatic rings. The predicted octanol–water partition coefficient (Wildman–Crippen LogP) is 3.65. The van der Waals surface area contributed by atoms with Crippen LogP contribution in [0, 0.1) is 5.92 Å². The number of nitrogens with one attached hydrogen (secondary N) is 1. The lowest BCUT2D eigenvalue weighted by Gasteiger charge is -2.09. The summed E-state index contributed by atoms with van der Waals surface area (Å²) in [4.78, 5) is 11.7. The zero-order chi connectivity index (χ0) is 12.1. The zero-order valence-corrected chi connectivity index (χ0v) is 11.5. The summed E-state index contributed by atoms with van der Waals surface area (Å²) < 4.78 is 1.06. The van der Waals surface area contributed by atoms with Crippen molar-refractivity contribution in [3.63, 3.8) is 0 Å². The molecule has 2 rings (SSSR count). The number of halogens is 1. The number of benzene rings is 1. The van der Waals surface area contributed by atoms with Gasteiger partial charge in [-0.15, -0.1) is 0 Å². The Kier molecular flexibility index (Phi) is 4.60. The molecule has 0 radical (unpaired) electrons. The standard InChI is InChI=1S/C14H18BrNO/c15-13-7-3-6-12(8-13)10-16-14(17)9-11-4-1-2-5-11/h3,6-8,11H,1-2,4-5,9-10H2,(H,16,17). The van der Waals surface area contributed by atoms with Gasteiger partial charge in [-0.1, -0.05) is 40.9 Å². The number of carbonyl (C=O) groups is 1. The summed E-state index contributed by atoms with van der Waals surface area (Å²) >= 11 is 3.43. The molecule has 0 saturated heterocycles. The number of carbonyl (C=O) groups excluding carboxylic acids is 1. The minimum Gasteiger partial charge on any atom is -0.352 e. The van der Waals surface area contributed by atoms with Crippen molar-refractivity contribution in [2.24, 2.45) is 5.92 Å². The maximum Gasteiger partial charge on any atom is 0.220 e. The fraction of sp³-hybridized carbons (Fsp3) is 0.500. The second-order valence-electron chi connectivity index (χ2n) is 4.76. The van der Waals surface area contributed by atoms with E-state index in [-0.39, 0.29) is 5.91 Å². The van der Waals surface area contributed by atoms with Crippen LogP contribution in [-0.4, -0.2) is 5.91 Å². The molecule has 1 aromatic rings. The number of rotatable bonds is 4. The largest absolute Gasteiger partial charge is 0.352 e. The lowest BCUT2D eigenvalue weighted by molar-refractivity contribution is -0.122. The van der Waals surface area contributed by atoms with Gasteiger partial charge in [-0.2, -0.15) is 0 Å². The van der Waals surface area contributed by atoms with E-state index in [0.717, 1.165) is 10.0 Å². The van der Waals surface area contributed by atoms with E-state index in [0.29, 0.717) is 18.9 Å². The van der Waals surface area contributed by atoms with Crippen molar-refractivity contribution in [1.82, 2.24) is 5.32 Å². The van der Waals surface area contributed by atoms with Gasteiger partial charge in [-0.05, 0) is 36.5 Å². The molecule has 1 aromatic carbocycles. The molecule has 0 bridgehead atoms. The lowest BCUT2D eigenvalue weighted by Crippen LogP contribution is -2.24. The second kappa shape index (κ2) is 6.20. The summed E-state index contributed by atoms with van der Waals surface area (Å²) in [5.74, 6) is 0.814. The first kappa shape index (κ1) is 12.6. The molecular formula is C14H18BrNO. The smallest absolute Gasteiger partial charge is 0.220 e. The van der Waals surface area contributed by atoms with Gasteiger partial charge in [0.1, 0.15) is 0 Å². The predicted molar refractivity (Wildman–Crippen MR) is 72.6 cm³/mol. The van der Waals surface area contributed by atoms with E-state index in [1.165, 1.54) is 25.7 Å². The van der Waals surface area contributed by atoms with Gasteiger partial charge in [0.2, 0.25) is 5.91 Å². The summed E-state index contributed by atoms with van der Waals surface area (Å²) in [6.07, 6.45) is 5.75. The second-order valence-corrected chi connectivity index (χ2v) is 5.68. The van der Waals surface area contributed by atoms with Crippen LogP contribution in [0.15, 0.2) is 28.7 Å². The summed E-state index contributed by atoms with van der Waals surface area (Å²) in [5.41, 5.74) is 1.14. The molecule has 1 N–H and O–H groups in total. The zero-order valence-electron chi connectivity index (χ0n) is 9.92. The van der Waals surface area contributed by atoms with Crippen molar-refractivity contribution < 1.29 is 4.79 Å². The molecule has 0 unspecified atom stereocenters. The minimum absolute atomic E-state index is 0.192. The van der Waals surface area contributed by atoms with Crippen LogP contribution in [0.5, 0.6) is 0 Å². The average molecular weight is 296 g/mol. The van der Waals surface area contributed by atoms with Gasteiger partial charge in [0.25, 0.3) is 0 Å². The summed E-state index contributed by atoms with van der Waals surface area (Å²) in [5, 5.41) is 2.99. The Morgan fingerprint density at radius 3 is 2.82 bits per heavy atom. The van der Waals surface area contributed by atoms with Crippen LogP contribution in [0.2, 0.25) is 0 Å². The Hall–Kier alpha value is -0.830. The highest BCUT2D eigenvalue weighted by Crippen LogP contribution is 2.27. The molecule has 17 heavy (non-hydrogen) atoms. The van der Waals surface area contributed by atoms with Gasteiger partial charge < -0.3 is 5.32 Å². The normalized spacial score (nSPS) is 16.1. The fourth-order valence-corrected chi connectivity index (χ4v) is 2.84. The summed E-state index contributed by atoms with van der Waals surface area (Å²) in [6.45, 7) is 0.630. The first-order valence-corrected chi connectivity index (χ1v) is 7.04. The molecule has 0 atom stereocenters. The first-order valence-electron chi connectivity index (χ1n) is 6.25. The maximum absolute atomic E-state index is 11.7. The summed E-state index contributed by atoms with van der Waals surface area (Å²) in [7, 11) is 0. The van der Waals surface area contributed by atoms with E-state index < -0.39 is 0 Å².